The highest BCUT2D eigenvalue weighted by atomic mass is 32.2. The number of aromatic nitrogens is 3. The molecule has 1 aromatic carbocycles. The van der Waals surface area contributed by atoms with Crippen LogP contribution in [0.3, 0.4) is 0 Å². The molecule has 8 heteroatoms. The first-order valence-electron chi connectivity index (χ1n) is 8.68. The molecule has 27 heavy (non-hydrogen) atoms. The van der Waals surface area contributed by atoms with Crippen molar-refractivity contribution < 1.29 is 9.32 Å². The van der Waals surface area contributed by atoms with Gasteiger partial charge in [0.2, 0.25) is 17.6 Å². The van der Waals surface area contributed by atoms with Crippen molar-refractivity contribution in [2.75, 3.05) is 18.8 Å². The van der Waals surface area contributed by atoms with Gasteiger partial charge < -0.3 is 14.4 Å². The lowest BCUT2D eigenvalue weighted by Gasteiger charge is -2.37. The highest BCUT2D eigenvalue weighted by Gasteiger charge is 2.35. The third-order valence-corrected chi connectivity index (χ3v) is 5.43. The Morgan fingerprint density at radius 1 is 1.22 bits per heavy atom. The summed E-state index contributed by atoms with van der Waals surface area (Å²) in [6.45, 7) is 1.14. The van der Waals surface area contributed by atoms with Crippen LogP contribution in [0.2, 0.25) is 0 Å². The van der Waals surface area contributed by atoms with E-state index >= 15 is 0 Å². The number of likely N-dealkylation sites (tertiary alicyclic amines) is 1. The Morgan fingerprint density at radius 2 is 2.04 bits per heavy atom. The molecule has 0 unspecified atom stereocenters. The molecular formula is C19H18N4O3S. The first-order valence-corrected chi connectivity index (χ1v) is 9.66. The summed E-state index contributed by atoms with van der Waals surface area (Å²) in [5, 5.41) is 3.89. The second-order valence-corrected chi connectivity index (χ2v) is 7.44. The van der Waals surface area contributed by atoms with Gasteiger partial charge >= 0.3 is 0 Å². The predicted octanol–water partition coefficient (Wildman–Crippen LogP) is 2.53. The van der Waals surface area contributed by atoms with Crippen LogP contribution >= 0.6 is 11.8 Å². The summed E-state index contributed by atoms with van der Waals surface area (Å²) >= 11 is 1.68. The van der Waals surface area contributed by atoms with Gasteiger partial charge in [-0.1, -0.05) is 23.4 Å². The van der Waals surface area contributed by atoms with Crippen LogP contribution in [0.15, 0.2) is 62.9 Å². The van der Waals surface area contributed by atoms with E-state index in [-0.39, 0.29) is 23.2 Å². The minimum absolute atomic E-state index is 0.0276. The quantitative estimate of drug-likeness (QED) is 0.659. The molecule has 1 N–H and O–H groups in total. The Bertz CT molecular complexity index is 980. The molecule has 1 aliphatic heterocycles. The molecule has 0 bridgehead atoms. The number of pyridine rings is 1. The van der Waals surface area contributed by atoms with Crippen molar-refractivity contribution in [2.24, 2.45) is 0 Å². The topological polar surface area (TPSA) is 92.1 Å². The first-order chi connectivity index (χ1) is 13.2. The van der Waals surface area contributed by atoms with Crippen LogP contribution in [0.1, 0.15) is 18.2 Å². The van der Waals surface area contributed by atoms with Crippen molar-refractivity contribution in [1.29, 1.82) is 0 Å². The van der Waals surface area contributed by atoms with Crippen LogP contribution in [0.25, 0.3) is 11.4 Å². The van der Waals surface area contributed by atoms with Gasteiger partial charge in [-0.2, -0.15) is 4.98 Å². The fraction of sp³-hybridized carbons (Fsp3) is 0.263. The number of thioether (sulfide) groups is 1. The molecule has 3 aromatic rings. The van der Waals surface area contributed by atoms with Crippen molar-refractivity contribution in [1.82, 2.24) is 20.0 Å². The van der Waals surface area contributed by atoms with E-state index in [2.05, 4.69) is 15.1 Å². The molecule has 1 saturated heterocycles. The van der Waals surface area contributed by atoms with E-state index in [9.17, 15) is 9.59 Å². The molecule has 4 rings (SSSR count). The van der Waals surface area contributed by atoms with Gasteiger partial charge in [-0.25, -0.2) is 0 Å². The standard InChI is InChI=1S/C19H18N4O3S/c24-16(8-10-27-14-5-2-1-3-6-14)23-11-13(12-23)19-21-17(22-26-19)15-7-4-9-20-18(15)25/h1-7,9,13H,8,10-12H2,(H,20,25). The smallest absolute Gasteiger partial charge is 0.259 e. The number of benzene rings is 1. The second-order valence-electron chi connectivity index (χ2n) is 6.28. The lowest BCUT2D eigenvalue weighted by atomic mass is 10.00. The zero-order valence-electron chi connectivity index (χ0n) is 14.5. The van der Waals surface area contributed by atoms with Gasteiger partial charge in [-0.15, -0.1) is 11.8 Å². The molecule has 3 heterocycles. The van der Waals surface area contributed by atoms with Crippen LogP contribution in [0.4, 0.5) is 0 Å². The van der Waals surface area contributed by atoms with Crippen LogP contribution in [-0.2, 0) is 4.79 Å². The minimum Gasteiger partial charge on any atom is -0.341 e. The molecule has 0 atom stereocenters. The summed E-state index contributed by atoms with van der Waals surface area (Å²) in [5.74, 6) is 1.66. The fourth-order valence-corrected chi connectivity index (χ4v) is 3.74. The lowest BCUT2D eigenvalue weighted by Crippen LogP contribution is -2.48. The highest BCUT2D eigenvalue weighted by molar-refractivity contribution is 7.99. The van der Waals surface area contributed by atoms with Gasteiger partial charge in [-0.3, -0.25) is 9.59 Å². The minimum atomic E-state index is -0.258. The number of carbonyl (C=O) groups is 1. The van der Waals surface area contributed by atoms with Gasteiger partial charge in [0.05, 0.1) is 11.5 Å². The monoisotopic (exact) mass is 382 g/mol. The second kappa shape index (κ2) is 7.79. The average Bonchev–Trinajstić information content (AvgIpc) is 3.11. The first kappa shape index (κ1) is 17.5. The maximum Gasteiger partial charge on any atom is 0.259 e. The Morgan fingerprint density at radius 3 is 2.81 bits per heavy atom. The largest absolute Gasteiger partial charge is 0.341 e. The summed E-state index contributed by atoms with van der Waals surface area (Å²) in [5.41, 5.74) is 0.115. The summed E-state index contributed by atoms with van der Waals surface area (Å²) in [4.78, 5) is 33.9. The molecule has 1 aliphatic rings. The van der Waals surface area contributed by atoms with Crippen molar-refractivity contribution in [2.45, 2.75) is 17.2 Å². The van der Waals surface area contributed by atoms with Crippen molar-refractivity contribution in [3.8, 4) is 11.4 Å². The third kappa shape index (κ3) is 3.95. The molecule has 1 fully saturated rings. The molecule has 0 spiro atoms. The van der Waals surface area contributed by atoms with Crippen LogP contribution < -0.4 is 5.56 Å². The SMILES string of the molecule is O=C(CCSc1ccccc1)N1CC(c2nc(-c3ccc[nH]c3=O)no2)C1. The lowest BCUT2D eigenvalue weighted by molar-refractivity contribution is -0.135. The third-order valence-electron chi connectivity index (χ3n) is 4.41. The van der Waals surface area contributed by atoms with Crippen LogP contribution in [-0.4, -0.2) is 44.8 Å². The predicted molar refractivity (Wildman–Crippen MR) is 101 cm³/mol. The van der Waals surface area contributed by atoms with Gasteiger partial charge in [0.25, 0.3) is 5.56 Å². The average molecular weight is 382 g/mol. The normalized spacial score (nSPS) is 14.1. The number of hydrogen-bond donors (Lipinski definition) is 1. The summed E-state index contributed by atoms with van der Waals surface area (Å²) in [6, 6.07) is 13.4. The zero-order chi connectivity index (χ0) is 18.6. The molecule has 0 radical (unpaired) electrons. The van der Waals surface area contributed by atoms with Crippen LogP contribution in [0.5, 0.6) is 0 Å². The number of rotatable bonds is 6. The van der Waals surface area contributed by atoms with Gasteiger partial charge in [0.15, 0.2) is 0 Å². The Labute approximate surface area is 159 Å². The summed E-state index contributed by atoms with van der Waals surface area (Å²) < 4.78 is 5.29. The molecule has 0 saturated carbocycles. The summed E-state index contributed by atoms with van der Waals surface area (Å²) in [6.07, 6.45) is 2.05. The van der Waals surface area contributed by atoms with E-state index in [1.54, 1.807) is 35.0 Å². The van der Waals surface area contributed by atoms with Gasteiger partial charge in [0.1, 0.15) is 0 Å². The van der Waals surface area contributed by atoms with E-state index < -0.39 is 0 Å². The molecule has 1 amide bonds. The van der Waals surface area contributed by atoms with Crippen molar-refractivity contribution in [3.63, 3.8) is 0 Å². The maximum absolute atomic E-state index is 12.3. The molecule has 2 aromatic heterocycles. The van der Waals surface area contributed by atoms with Gasteiger partial charge in [0, 0.05) is 36.4 Å². The highest BCUT2D eigenvalue weighted by Crippen LogP contribution is 2.28. The Hall–Kier alpha value is -2.87. The van der Waals surface area contributed by atoms with Crippen molar-refractivity contribution in [3.05, 3.63) is 64.9 Å². The molecule has 0 aliphatic carbocycles. The van der Waals surface area contributed by atoms with Gasteiger partial charge in [-0.05, 0) is 24.3 Å². The zero-order valence-corrected chi connectivity index (χ0v) is 15.3. The van der Waals surface area contributed by atoms with E-state index in [0.29, 0.717) is 31.0 Å². The van der Waals surface area contributed by atoms with E-state index in [4.69, 9.17) is 4.52 Å². The number of H-pyrrole nitrogens is 1. The molecular weight excluding hydrogens is 364 g/mol. The maximum atomic E-state index is 12.3. The number of amides is 1. The number of carbonyl (C=O) groups excluding carboxylic acids is 1. The molecule has 7 nitrogen and oxygen atoms in total. The van der Waals surface area contributed by atoms with E-state index in [0.717, 1.165) is 5.75 Å². The fourth-order valence-electron chi connectivity index (χ4n) is 2.88. The number of hydrogen-bond acceptors (Lipinski definition) is 6. The Balaban J connectivity index is 1.28. The summed E-state index contributed by atoms with van der Waals surface area (Å²) in [7, 11) is 0. The molecule has 138 valence electrons. The Kier molecular flexibility index (Phi) is 5.06. The van der Waals surface area contributed by atoms with E-state index in [1.807, 2.05) is 30.3 Å². The number of nitrogens with zero attached hydrogens (tertiary/aromatic N) is 3. The van der Waals surface area contributed by atoms with E-state index in [1.165, 1.54) is 4.90 Å². The number of aromatic amines is 1. The van der Waals surface area contributed by atoms with Crippen LogP contribution in [0, 0.1) is 0 Å². The van der Waals surface area contributed by atoms with Crippen molar-refractivity contribution >= 4 is 17.7 Å². The number of nitrogens with one attached hydrogen (secondary N) is 1.